The summed E-state index contributed by atoms with van der Waals surface area (Å²) in [5, 5.41) is 15.7. The lowest BCUT2D eigenvalue weighted by Gasteiger charge is -2.22. The molecule has 0 saturated carbocycles. The minimum atomic E-state index is -0.106. The summed E-state index contributed by atoms with van der Waals surface area (Å²) in [6, 6.07) is 8.25. The monoisotopic (exact) mass is 276 g/mol. The Morgan fingerprint density at radius 2 is 1.95 bits per heavy atom. The van der Waals surface area contributed by atoms with Crippen LogP contribution in [0.15, 0.2) is 29.6 Å². The van der Waals surface area contributed by atoms with Gasteiger partial charge in [-0.3, -0.25) is 0 Å². The molecule has 2 N–H and O–H groups in total. The van der Waals surface area contributed by atoms with Crippen molar-refractivity contribution in [3.63, 3.8) is 0 Å². The summed E-state index contributed by atoms with van der Waals surface area (Å²) < 4.78 is 0. The first-order valence-corrected chi connectivity index (χ1v) is 7.25. The predicted octanol–water partition coefficient (Wildman–Crippen LogP) is 3.55. The molecule has 4 heteroatoms. The van der Waals surface area contributed by atoms with Gasteiger partial charge in [0.25, 0.3) is 0 Å². The third-order valence-electron chi connectivity index (χ3n) is 3.00. The summed E-state index contributed by atoms with van der Waals surface area (Å²) in [7, 11) is 0. The number of nitrogens with zero attached hydrogens (tertiary/aromatic N) is 1. The van der Waals surface area contributed by atoms with Crippen LogP contribution in [0.4, 0.5) is 5.69 Å². The Bertz CT molecular complexity index is 531. The van der Waals surface area contributed by atoms with Gasteiger partial charge in [0.05, 0.1) is 10.7 Å². The van der Waals surface area contributed by atoms with Crippen molar-refractivity contribution >= 4 is 17.0 Å². The minimum absolute atomic E-state index is 0.106. The van der Waals surface area contributed by atoms with E-state index in [1.807, 2.05) is 20.8 Å². The van der Waals surface area contributed by atoms with Crippen LogP contribution in [0.1, 0.15) is 18.9 Å². The Balaban J connectivity index is 2.03. The number of nitrogens with one attached hydrogen (secondary N) is 1. The highest BCUT2D eigenvalue weighted by molar-refractivity contribution is 7.09. The standard InChI is InChI=1S/C15H20N2OS/c1-11-17-14(8-19-11)12-4-6-13(7-5-12)16-9-15(2,3)10-18/h4-8,16,18H,9-10H2,1-3H3. The second-order valence-electron chi connectivity index (χ2n) is 5.50. The number of hydrogen-bond donors (Lipinski definition) is 2. The van der Waals surface area contributed by atoms with E-state index >= 15 is 0 Å². The fourth-order valence-electron chi connectivity index (χ4n) is 1.65. The fraction of sp³-hybridized carbons (Fsp3) is 0.400. The Labute approximate surface area is 118 Å². The molecule has 0 aliphatic rings. The van der Waals surface area contributed by atoms with Crippen molar-refractivity contribution in [2.45, 2.75) is 20.8 Å². The average molecular weight is 276 g/mol. The van der Waals surface area contributed by atoms with Crippen molar-refractivity contribution in [3.8, 4) is 11.3 Å². The highest BCUT2D eigenvalue weighted by atomic mass is 32.1. The number of aryl methyl sites for hydroxylation is 1. The molecular formula is C15H20N2OS. The first-order valence-electron chi connectivity index (χ1n) is 6.37. The van der Waals surface area contributed by atoms with Gasteiger partial charge in [-0.25, -0.2) is 4.98 Å². The second-order valence-corrected chi connectivity index (χ2v) is 6.57. The normalized spacial score (nSPS) is 11.6. The highest BCUT2D eigenvalue weighted by Gasteiger charge is 2.15. The molecule has 1 aromatic heterocycles. The SMILES string of the molecule is Cc1nc(-c2ccc(NCC(C)(C)CO)cc2)cs1. The first-order chi connectivity index (χ1) is 9.00. The van der Waals surface area contributed by atoms with Crippen molar-refractivity contribution < 1.29 is 5.11 Å². The van der Waals surface area contributed by atoms with E-state index in [-0.39, 0.29) is 12.0 Å². The predicted molar refractivity (Wildman–Crippen MR) is 81.6 cm³/mol. The van der Waals surface area contributed by atoms with Gasteiger partial charge in [0, 0.05) is 35.2 Å². The Kier molecular flexibility index (Phi) is 4.22. The van der Waals surface area contributed by atoms with E-state index < -0.39 is 0 Å². The molecular weight excluding hydrogens is 256 g/mol. The quantitative estimate of drug-likeness (QED) is 0.878. The molecule has 0 fully saturated rings. The average Bonchev–Trinajstić information content (AvgIpc) is 2.84. The summed E-state index contributed by atoms with van der Waals surface area (Å²) in [5.41, 5.74) is 3.13. The van der Waals surface area contributed by atoms with E-state index in [9.17, 15) is 5.11 Å². The van der Waals surface area contributed by atoms with Gasteiger partial charge in [-0.2, -0.15) is 0 Å². The zero-order chi connectivity index (χ0) is 13.9. The van der Waals surface area contributed by atoms with Crippen molar-refractivity contribution in [1.82, 2.24) is 4.98 Å². The molecule has 102 valence electrons. The molecule has 0 atom stereocenters. The second kappa shape index (κ2) is 5.72. The first kappa shape index (κ1) is 14.0. The van der Waals surface area contributed by atoms with Crippen LogP contribution in [-0.2, 0) is 0 Å². The number of thiazole rings is 1. The summed E-state index contributed by atoms with van der Waals surface area (Å²) in [6.45, 7) is 7.01. The van der Waals surface area contributed by atoms with Gasteiger partial charge < -0.3 is 10.4 Å². The molecule has 0 radical (unpaired) electrons. The Hall–Kier alpha value is -1.39. The molecule has 1 aromatic carbocycles. The zero-order valence-corrected chi connectivity index (χ0v) is 12.4. The smallest absolute Gasteiger partial charge is 0.0901 e. The lowest BCUT2D eigenvalue weighted by atomic mass is 9.95. The molecule has 0 saturated heterocycles. The van der Waals surface area contributed by atoms with Gasteiger partial charge in [0.1, 0.15) is 0 Å². The number of anilines is 1. The van der Waals surface area contributed by atoms with E-state index in [0.29, 0.717) is 0 Å². The van der Waals surface area contributed by atoms with Crippen LogP contribution in [0.5, 0.6) is 0 Å². The lowest BCUT2D eigenvalue weighted by molar-refractivity contribution is 0.171. The fourth-order valence-corrected chi connectivity index (χ4v) is 2.27. The van der Waals surface area contributed by atoms with Crippen LogP contribution in [0.2, 0.25) is 0 Å². The number of benzene rings is 1. The maximum atomic E-state index is 9.22. The largest absolute Gasteiger partial charge is 0.396 e. The van der Waals surface area contributed by atoms with Crippen LogP contribution >= 0.6 is 11.3 Å². The van der Waals surface area contributed by atoms with Crippen molar-refractivity contribution in [1.29, 1.82) is 0 Å². The number of aromatic nitrogens is 1. The van der Waals surface area contributed by atoms with Crippen LogP contribution in [0.3, 0.4) is 0 Å². The Morgan fingerprint density at radius 3 is 2.47 bits per heavy atom. The van der Waals surface area contributed by atoms with Crippen molar-refractivity contribution in [2.75, 3.05) is 18.5 Å². The highest BCUT2D eigenvalue weighted by Crippen LogP contribution is 2.23. The van der Waals surface area contributed by atoms with Gasteiger partial charge in [0.15, 0.2) is 0 Å². The molecule has 1 heterocycles. The molecule has 0 aliphatic heterocycles. The summed E-state index contributed by atoms with van der Waals surface area (Å²) in [4.78, 5) is 4.47. The zero-order valence-electron chi connectivity index (χ0n) is 11.6. The molecule has 0 unspecified atom stereocenters. The maximum absolute atomic E-state index is 9.22. The lowest BCUT2D eigenvalue weighted by Crippen LogP contribution is -2.26. The molecule has 0 spiro atoms. The van der Waals surface area contributed by atoms with Crippen LogP contribution in [0, 0.1) is 12.3 Å². The molecule has 0 bridgehead atoms. The molecule has 19 heavy (non-hydrogen) atoms. The molecule has 3 nitrogen and oxygen atoms in total. The minimum Gasteiger partial charge on any atom is -0.396 e. The van der Waals surface area contributed by atoms with E-state index in [1.165, 1.54) is 0 Å². The van der Waals surface area contributed by atoms with Crippen molar-refractivity contribution in [2.24, 2.45) is 5.41 Å². The summed E-state index contributed by atoms with van der Waals surface area (Å²) in [6.07, 6.45) is 0. The number of hydrogen-bond acceptors (Lipinski definition) is 4. The maximum Gasteiger partial charge on any atom is 0.0901 e. The van der Waals surface area contributed by atoms with Crippen molar-refractivity contribution in [3.05, 3.63) is 34.7 Å². The van der Waals surface area contributed by atoms with Gasteiger partial charge in [-0.05, 0) is 19.1 Å². The van der Waals surface area contributed by atoms with Crippen LogP contribution in [0.25, 0.3) is 11.3 Å². The third-order valence-corrected chi connectivity index (χ3v) is 3.77. The van der Waals surface area contributed by atoms with Gasteiger partial charge in [0.2, 0.25) is 0 Å². The summed E-state index contributed by atoms with van der Waals surface area (Å²) in [5.74, 6) is 0. The van der Waals surface area contributed by atoms with E-state index in [1.54, 1.807) is 11.3 Å². The number of rotatable bonds is 5. The Morgan fingerprint density at radius 1 is 1.26 bits per heavy atom. The van der Waals surface area contributed by atoms with E-state index in [4.69, 9.17) is 0 Å². The topological polar surface area (TPSA) is 45.2 Å². The number of aliphatic hydroxyl groups excluding tert-OH is 1. The van der Waals surface area contributed by atoms with Crippen LogP contribution < -0.4 is 5.32 Å². The number of aliphatic hydroxyl groups is 1. The molecule has 2 rings (SSSR count). The molecule has 2 aromatic rings. The van der Waals surface area contributed by atoms with E-state index in [2.05, 4.69) is 39.9 Å². The van der Waals surface area contributed by atoms with Gasteiger partial charge in [-0.15, -0.1) is 11.3 Å². The molecule has 0 amide bonds. The van der Waals surface area contributed by atoms with Crippen LogP contribution in [-0.4, -0.2) is 23.2 Å². The van der Waals surface area contributed by atoms with Gasteiger partial charge >= 0.3 is 0 Å². The van der Waals surface area contributed by atoms with Gasteiger partial charge in [-0.1, -0.05) is 26.0 Å². The molecule has 0 aliphatic carbocycles. The third kappa shape index (κ3) is 3.78. The van der Waals surface area contributed by atoms with E-state index in [0.717, 1.165) is 28.5 Å². The summed E-state index contributed by atoms with van der Waals surface area (Å²) >= 11 is 1.67.